The fourth-order valence-corrected chi connectivity index (χ4v) is 3.57. The molecule has 0 saturated heterocycles. The summed E-state index contributed by atoms with van der Waals surface area (Å²) in [7, 11) is 6.08. The molecule has 1 fully saturated rings. The zero-order valence-electron chi connectivity index (χ0n) is 17.0. The van der Waals surface area contributed by atoms with Crippen LogP contribution in [0.5, 0.6) is 0 Å². The van der Waals surface area contributed by atoms with Crippen LogP contribution in [0, 0.1) is 5.41 Å². The van der Waals surface area contributed by atoms with Gasteiger partial charge in [-0.15, -0.1) is 0 Å². The summed E-state index contributed by atoms with van der Waals surface area (Å²) in [6.07, 6.45) is 7.93. The summed E-state index contributed by atoms with van der Waals surface area (Å²) < 4.78 is 1.83. The number of aliphatic imine (C=N–C) groups is 1. The summed E-state index contributed by atoms with van der Waals surface area (Å²) in [5.74, 6) is 0.808. The third-order valence-electron chi connectivity index (χ3n) is 5.42. The molecule has 1 heterocycles. The van der Waals surface area contributed by atoms with E-state index >= 15 is 0 Å². The van der Waals surface area contributed by atoms with Crippen molar-refractivity contribution in [2.45, 2.75) is 51.7 Å². The Balaban J connectivity index is 2.01. The molecular formula is C19H36N6O. The largest absolute Gasteiger partial charge is 0.392 e. The number of aromatic nitrogens is 2. The highest BCUT2D eigenvalue weighted by molar-refractivity contribution is 5.79. The van der Waals surface area contributed by atoms with Crippen molar-refractivity contribution in [2.24, 2.45) is 17.5 Å². The first-order valence-electron chi connectivity index (χ1n) is 9.71. The van der Waals surface area contributed by atoms with Crippen molar-refractivity contribution < 1.29 is 5.11 Å². The second-order valence-corrected chi connectivity index (χ2v) is 7.92. The van der Waals surface area contributed by atoms with E-state index in [1.54, 1.807) is 0 Å². The molecule has 3 unspecified atom stereocenters. The Morgan fingerprint density at radius 2 is 2.23 bits per heavy atom. The topological polar surface area (TPSA) is 77.7 Å². The summed E-state index contributed by atoms with van der Waals surface area (Å²) in [5.41, 5.74) is 1.06. The molecule has 3 atom stereocenters. The van der Waals surface area contributed by atoms with E-state index in [-0.39, 0.29) is 17.6 Å². The Labute approximate surface area is 157 Å². The molecule has 2 rings (SSSR count). The first-order valence-corrected chi connectivity index (χ1v) is 9.71. The number of aliphatic hydroxyl groups excluding tert-OH is 1. The molecule has 0 spiro atoms. The van der Waals surface area contributed by atoms with E-state index in [9.17, 15) is 5.11 Å². The van der Waals surface area contributed by atoms with Gasteiger partial charge in [0.2, 0.25) is 0 Å². The average Bonchev–Trinajstić information content (AvgIpc) is 3.01. The highest BCUT2D eigenvalue weighted by Gasteiger charge is 2.35. The van der Waals surface area contributed by atoms with E-state index < -0.39 is 0 Å². The summed E-state index contributed by atoms with van der Waals surface area (Å²) in [6.45, 7) is 6.42. The van der Waals surface area contributed by atoms with E-state index in [1.807, 2.05) is 17.9 Å². The van der Waals surface area contributed by atoms with Gasteiger partial charge in [-0.25, -0.2) is 0 Å². The third kappa shape index (κ3) is 5.45. The van der Waals surface area contributed by atoms with Crippen LogP contribution >= 0.6 is 0 Å². The number of nitrogens with zero attached hydrogens (tertiary/aromatic N) is 4. The molecule has 0 radical (unpaired) electrons. The van der Waals surface area contributed by atoms with E-state index in [1.165, 1.54) is 12.0 Å². The SMILES string of the molecule is CCNC(=NCC1(C)CCCCC1O)NCC(c1cnn(C)c1)N(C)C. The van der Waals surface area contributed by atoms with Crippen LogP contribution in [0.15, 0.2) is 17.4 Å². The standard InChI is InChI=1S/C19H36N6O/c1-6-20-18(22-14-19(2)10-8-7-9-17(19)26)21-12-16(24(3)4)15-11-23-25(5)13-15/h11,13,16-17,26H,6-10,12,14H2,1-5H3,(H2,20,21,22). The molecule has 1 aliphatic carbocycles. The van der Waals surface area contributed by atoms with Gasteiger partial charge in [0, 0.05) is 37.3 Å². The second kappa shape index (κ2) is 9.37. The monoisotopic (exact) mass is 364 g/mol. The van der Waals surface area contributed by atoms with Gasteiger partial charge in [-0.1, -0.05) is 19.8 Å². The predicted octanol–water partition coefficient (Wildman–Crippen LogP) is 1.52. The predicted molar refractivity (Wildman–Crippen MR) is 106 cm³/mol. The number of aryl methyl sites for hydroxylation is 1. The fraction of sp³-hybridized carbons (Fsp3) is 0.789. The number of guanidine groups is 1. The second-order valence-electron chi connectivity index (χ2n) is 7.92. The minimum absolute atomic E-state index is 0.120. The molecule has 0 aliphatic heterocycles. The summed E-state index contributed by atoms with van der Waals surface area (Å²) in [6, 6.07) is 0.211. The average molecular weight is 365 g/mol. The Hall–Kier alpha value is -1.60. The highest BCUT2D eigenvalue weighted by atomic mass is 16.3. The van der Waals surface area contributed by atoms with E-state index in [0.29, 0.717) is 6.54 Å². The number of hydrogen-bond donors (Lipinski definition) is 3. The maximum atomic E-state index is 10.4. The number of nitrogens with one attached hydrogen (secondary N) is 2. The van der Waals surface area contributed by atoms with Gasteiger partial charge in [-0.3, -0.25) is 9.67 Å². The van der Waals surface area contributed by atoms with Crippen LogP contribution in [0.25, 0.3) is 0 Å². The number of hydrogen-bond acceptors (Lipinski definition) is 4. The maximum Gasteiger partial charge on any atom is 0.191 e. The molecule has 1 aromatic rings. The molecule has 1 saturated carbocycles. The molecular weight excluding hydrogens is 328 g/mol. The number of rotatable bonds is 7. The van der Waals surface area contributed by atoms with Crippen LogP contribution < -0.4 is 10.6 Å². The lowest BCUT2D eigenvalue weighted by Crippen LogP contribution is -2.43. The van der Waals surface area contributed by atoms with Crippen molar-refractivity contribution in [3.63, 3.8) is 0 Å². The lowest BCUT2D eigenvalue weighted by atomic mass is 9.73. The van der Waals surface area contributed by atoms with E-state index in [4.69, 9.17) is 4.99 Å². The van der Waals surface area contributed by atoms with Crippen molar-refractivity contribution in [1.29, 1.82) is 0 Å². The van der Waals surface area contributed by atoms with Crippen LogP contribution in [-0.4, -0.2) is 65.6 Å². The van der Waals surface area contributed by atoms with Crippen molar-refractivity contribution in [3.05, 3.63) is 18.0 Å². The molecule has 0 amide bonds. The summed E-state index contributed by atoms with van der Waals surface area (Å²) in [4.78, 5) is 6.96. The Kier molecular flexibility index (Phi) is 7.46. The molecule has 3 N–H and O–H groups in total. The van der Waals surface area contributed by atoms with Crippen molar-refractivity contribution in [1.82, 2.24) is 25.3 Å². The van der Waals surface area contributed by atoms with Crippen LogP contribution in [0.1, 0.15) is 51.1 Å². The van der Waals surface area contributed by atoms with Gasteiger partial charge in [-0.05, 0) is 33.9 Å². The van der Waals surface area contributed by atoms with Crippen LogP contribution in [0.2, 0.25) is 0 Å². The summed E-state index contributed by atoms with van der Waals surface area (Å²) in [5, 5.41) is 21.5. The molecule has 26 heavy (non-hydrogen) atoms. The van der Waals surface area contributed by atoms with Gasteiger partial charge in [0.15, 0.2) is 5.96 Å². The zero-order chi connectivity index (χ0) is 19.2. The first kappa shape index (κ1) is 20.7. The molecule has 148 valence electrons. The van der Waals surface area contributed by atoms with Crippen molar-refractivity contribution in [2.75, 3.05) is 33.7 Å². The Morgan fingerprint density at radius 1 is 1.46 bits per heavy atom. The van der Waals surface area contributed by atoms with Gasteiger partial charge >= 0.3 is 0 Å². The fourth-order valence-electron chi connectivity index (χ4n) is 3.57. The lowest BCUT2D eigenvalue weighted by molar-refractivity contribution is 0.00716. The smallest absolute Gasteiger partial charge is 0.191 e. The summed E-state index contributed by atoms with van der Waals surface area (Å²) >= 11 is 0. The van der Waals surface area contributed by atoms with Gasteiger partial charge in [0.05, 0.1) is 24.9 Å². The van der Waals surface area contributed by atoms with Gasteiger partial charge in [0.25, 0.3) is 0 Å². The molecule has 0 aromatic carbocycles. The normalized spacial score (nSPS) is 25.3. The van der Waals surface area contributed by atoms with Crippen molar-refractivity contribution >= 4 is 5.96 Å². The Bertz CT molecular complexity index is 584. The van der Waals surface area contributed by atoms with E-state index in [2.05, 4.69) is 54.8 Å². The van der Waals surface area contributed by atoms with Gasteiger partial charge < -0.3 is 20.6 Å². The number of aliphatic hydroxyl groups is 1. The van der Waals surface area contributed by atoms with Gasteiger partial charge in [-0.2, -0.15) is 5.10 Å². The molecule has 7 heteroatoms. The van der Waals surface area contributed by atoms with Gasteiger partial charge in [0.1, 0.15) is 0 Å². The molecule has 1 aliphatic rings. The van der Waals surface area contributed by atoms with Crippen LogP contribution in [0.4, 0.5) is 0 Å². The number of likely N-dealkylation sites (N-methyl/N-ethyl adjacent to an activating group) is 1. The van der Waals surface area contributed by atoms with Crippen LogP contribution in [0.3, 0.4) is 0 Å². The van der Waals surface area contributed by atoms with Crippen molar-refractivity contribution in [3.8, 4) is 0 Å². The minimum atomic E-state index is -0.257. The van der Waals surface area contributed by atoms with E-state index in [0.717, 1.165) is 38.3 Å². The lowest BCUT2D eigenvalue weighted by Gasteiger charge is -2.37. The third-order valence-corrected chi connectivity index (χ3v) is 5.42. The molecule has 0 bridgehead atoms. The first-order chi connectivity index (χ1) is 12.4. The zero-order valence-corrected chi connectivity index (χ0v) is 17.0. The molecule has 7 nitrogen and oxygen atoms in total. The minimum Gasteiger partial charge on any atom is -0.392 e. The van der Waals surface area contributed by atoms with Crippen LogP contribution in [-0.2, 0) is 7.05 Å². The Morgan fingerprint density at radius 3 is 2.81 bits per heavy atom. The molecule has 1 aromatic heterocycles. The maximum absolute atomic E-state index is 10.4. The highest BCUT2D eigenvalue weighted by Crippen LogP contribution is 2.36. The quantitative estimate of drug-likeness (QED) is 0.505.